The van der Waals surface area contributed by atoms with Gasteiger partial charge in [-0.05, 0) is 25.7 Å². The fourth-order valence-corrected chi connectivity index (χ4v) is 2.14. The highest BCUT2D eigenvalue weighted by molar-refractivity contribution is 5.73. The normalized spacial score (nSPS) is 38.6. The maximum absolute atomic E-state index is 11.4. The Bertz CT molecular complexity index is 184. The molecule has 12 heavy (non-hydrogen) atoms. The smallest absolute Gasteiger partial charge is 0.310 e. The highest BCUT2D eigenvalue weighted by Crippen LogP contribution is 2.38. The van der Waals surface area contributed by atoms with E-state index < -0.39 is 0 Å². The lowest BCUT2D eigenvalue weighted by Crippen LogP contribution is -2.56. The van der Waals surface area contributed by atoms with Gasteiger partial charge in [-0.1, -0.05) is 0 Å². The largest absolute Gasteiger partial charge is 0.466 e. The summed E-state index contributed by atoms with van der Waals surface area (Å²) < 4.78 is 5.00. The molecule has 2 aliphatic heterocycles. The van der Waals surface area contributed by atoms with Crippen LogP contribution >= 0.6 is 0 Å². The van der Waals surface area contributed by atoms with Crippen LogP contribution in [0.5, 0.6) is 0 Å². The van der Waals surface area contributed by atoms with Crippen LogP contribution in [0, 0.1) is 11.8 Å². The molecule has 3 fully saturated rings. The number of carbonyl (C=O) groups is 1. The van der Waals surface area contributed by atoms with Gasteiger partial charge in [0.05, 0.1) is 12.5 Å². The molecule has 2 heterocycles. The van der Waals surface area contributed by atoms with Gasteiger partial charge in [-0.2, -0.15) is 0 Å². The van der Waals surface area contributed by atoms with Crippen LogP contribution in [0.3, 0.4) is 0 Å². The van der Waals surface area contributed by atoms with Crippen LogP contribution in [0.15, 0.2) is 0 Å². The molecule has 0 aromatic rings. The molecule has 3 rings (SSSR count). The summed E-state index contributed by atoms with van der Waals surface area (Å²) in [7, 11) is 0. The van der Waals surface area contributed by atoms with E-state index in [1.165, 1.54) is 12.8 Å². The van der Waals surface area contributed by atoms with E-state index in [0.717, 1.165) is 6.54 Å². The maximum atomic E-state index is 11.4. The van der Waals surface area contributed by atoms with E-state index in [-0.39, 0.29) is 11.9 Å². The number of ether oxygens (including phenoxy) is 1. The van der Waals surface area contributed by atoms with Crippen molar-refractivity contribution in [3.05, 3.63) is 0 Å². The third kappa shape index (κ3) is 1.22. The maximum Gasteiger partial charge on any atom is 0.310 e. The van der Waals surface area contributed by atoms with Crippen molar-refractivity contribution in [2.75, 3.05) is 13.2 Å². The van der Waals surface area contributed by atoms with Crippen molar-refractivity contribution in [3.63, 3.8) is 0 Å². The van der Waals surface area contributed by atoms with E-state index in [4.69, 9.17) is 4.74 Å². The molecule has 1 aliphatic carbocycles. The minimum atomic E-state index is -0.00634. The average Bonchev–Trinajstić information content (AvgIpc) is 2.03. The molecule has 1 saturated carbocycles. The monoisotopic (exact) mass is 169 g/mol. The van der Waals surface area contributed by atoms with E-state index in [1.54, 1.807) is 0 Å². The van der Waals surface area contributed by atoms with Gasteiger partial charge in [-0.15, -0.1) is 0 Å². The van der Waals surface area contributed by atoms with Crippen LogP contribution in [0.1, 0.15) is 19.8 Å². The first-order valence-corrected chi connectivity index (χ1v) is 4.71. The second-order valence-electron chi connectivity index (χ2n) is 3.70. The number of hydrogen-bond acceptors (Lipinski definition) is 3. The number of carbonyl (C=O) groups excluding carboxylic acids is 1. The van der Waals surface area contributed by atoms with Crippen molar-refractivity contribution in [2.24, 2.45) is 11.8 Å². The second kappa shape index (κ2) is 3.05. The van der Waals surface area contributed by atoms with Gasteiger partial charge >= 0.3 is 5.97 Å². The van der Waals surface area contributed by atoms with Crippen molar-refractivity contribution >= 4 is 5.97 Å². The number of nitrogens with one attached hydrogen (secondary N) is 1. The quantitative estimate of drug-likeness (QED) is 0.613. The molecule has 0 spiro atoms. The van der Waals surface area contributed by atoms with Crippen LogP contribution in [-0.2, 0) is 9.53 Å². The van der Waals surface area contributed by atoms with Crippen molar-refractivity contribution < 1.29 is 9.53 Å². The minimum Gasteiger partial charge on any atom is -0.466 e. The van der Waals surface area contributed by atoms with Crippen LogP contribution in [-0.4, -0.2) is 25.2 Å². The molecule has 3 nitrogen and oxygen atoms in total. The Morgan fingerprint density at radius 3 is 2.83 bits per heavy atom. The van der Waals surface area contributed by atoms with Gasteiger partial charge in [-0.3, -0.25) is 4.79 Å². The lowest BCUT2D eigenvalue weighted by atomic mass is 9.69. The van der Waals surface area contributed by atoms with Gasteiger partial charge in [0, 0.05) is 12.6 Å². The average molecular weight is 169 g/mol. The van der Waals surface area contributed by atoms with E-state index in [2.05, 4.69) is 5.32 Å². The Balaban J connectivity index is 1.89. The molecule has 0 radical (unpaired) electrons. The number of piperidine rings is 2. The molecule has 0 aromatic heterocycles. The standard InChI is InChI=1S/C9H15NO2/c1-2-12-9(11)8-5-10-7-3-6(8)4-7/h6-8,10H,2-5H2,1H3. The second-order valence-corrected chi connectivity index (χ2v) is 3.70. The summed E-state index contributed by atoms with van der Waals surface area (Å²) in [5, 5.41) is 3.34. The third-order valence-corrected chi connectivity index (χ3v) is 2.96. The Kier molecular flexibility index (Phi) is 2.05. The molecule has 1 N–H and O–H groups in total. The molecular formula is C9H15NO2. The number of rotatable bonds is 2. The summed E-state index contributed by atoms with van der Waals surface area (Å²) in [5.41, 5.74) is 0. The van der Waals surface area contributed by atoms with E-state index in [9.17, 15) is 4.79 Å². The van der Waals surface area contributed by atoms with Gasteiger partial charge in [0.25, 0.3) is 0 Å². The summed E-state index contributed by atoms with van der Waals surface area (Å²) in [5.74, 6) is 0.735. The fraction of sp³-hybridized carbons (Fsp3) is 0.889. The lowest BCUT2D eigenvalue weighted by Gasteiger charge is -2.45. The lowest BCUT2D eigenvalue weighted by molar-refractivity contribution is -0.153. The molecule has 2 saturated heterocycles. The van der Waals surface area contributed by atoms with Crippen LogP contribution in [0.2, 0.25) is 0 Å². The van der Waals surface area contributed by atoms with Crippen molar-refractivity contribution in [1.29, 1.82) is 0 Å². The highest BCUT2D eigenvalue weighted by atomic mass is 16.5. The molecule has 3 heteroatoms. The fourth-order valence-electron chi connectivity index (χ4n) is 2.14. The first kappa shape index (κ1) is 8.05. The summed E-state index contributed by atoms with van der Waals surface area (Å²) in [6, 6.07) is 0.695. The Hall–Kier alpha value is -0.570. The van der Waals surface area contributed by atoms with Crippen LogP contribution in [0.4, 0.5) is 0 Å². The first-order chi connectivity index (χ1) is 5.81. The van der Waals surface area contributed by atoms with Crippen molar-refractivity contribution in [3.8, 4) is 0 Å². The van der Waals surface area contributed by atoms with E-state index in [1.807, 2.05) is 6.92 Å². The molecule has 68 valence electrons. The third-order valence-electron chi connectivity index (χ3n) is 2.96. The van der Waals surface area contributed by atoms with E-state index in [0.29, 0.717) is 18.6 Å². The molecule has 1 unspecified atom stereocenters. The van der Waals surface area contributed by atoms with Gasteiger partial charge < -0.3 is 10.1 Å². The molecule has 1 atom stereocenters. The van der Waals surface area contributed by atoms with Crippen LogP contribution in [0.25, 0.3) is 0 Å². The number of esters is 1. The van der Waals surface area contributed by atoms with Gasteiger partial charge in [0.15, 0.2) is 0 Å². The van der Waals surface area contributed by atoms with Crippen molar-refractivity contribution in [2.45, 2.75) is 25.8 Å². The SMILES string of the molecule is CCOC(=O)C1CNC2CC1C2. The predicted molar refractivity (Wildman–Crippen MR) is 44.6 cm³/mol. The summed E-state index contributed by atoms with van der Waals surface area (Å²) in [6.45, 7) is 3.19. The van der Waals surface area contributed by atoms with E-state index >= 15 is 0 Å². The zero-order chi connectivity index (χ0) is 8.55. The van der Waals surface area contributed by atoms with Gasteiger partial charge in [-0.25, -0.2) is 0 Å². The topological polar surface area (TPSA) is 38.3 Å². The Morgan fingerprint density at radius 1 is 1.58 bits per heavy atom. The number of fused-ring (bicyclic) bond motifs is 2. The zero-order valence-electron chi connectivity index (χ0n) is 7.38. The molecule has 3 aliphatic rings. The molecule has 0 aromatic carbocycles. The van der Waals surface area contributed by atoms with Crippen LogP contribution < -0.4 is 5.32 Å². The summed E-state index contributed by atoms with van der Waals surface area (Å²) >= 11 is 0. The summed E-state index contributed by atoms with van der Waals surface area (Å²) in [6.07, 6.45) is 2.34. The number of hydrogen-bond donors (Lipinski definition) is 1. The Labute approximate surface area is 72.5 Å². The predicted octanol–water partition coefficient (Wildman–Crippen LogP) is 0.547. The first-order valence-electron chi connectivity index (χ1n) is 4.71. The molecule has 2 bridgehead atoms. The van der Waals surface area contributed by atoms with Gasteiger partial charge in [0.2, 0.25) is 0 Å². The molecular weight excluding hydrogens is 154 g/mol. The van der Waals surface area contributed by atoms with Crippen molar-refractivity contribution in [1.82, 2.24) is 5.32 Å². The highest BCUT2D eigenvalue weighted by Gasteiger charge is 2.43. The Morgan fingerprint density at radius 2 is 2.33 bits per heavy atom. The summed E-state index contributed by atoms with van der Waals surface area (Å²) in [4.78, 5) is 11.4. The zero-order valence-corrected chi connectivity index (χ0v) is 7.38. The van der Waals surface area contributed by atoms with Gasteiger partial charge in [0.1, 0.15) is 0 Å². The minimum absolute atomic E-state index is 0.00634. The molecule has 0 amide bonds.